The molecule has 2 aliphatic rings. The van der Waals surface area contributed by atoms with Crippen LogP contribution in [0.2, 0.25) is 0 Å². The number of amides is 1. The molecule has 2 rings (SSSR count). The molecule has 4 atom stereocenters. The highest BCUT2D eigenvalue weighted by molar-refractivity contribution is 8.00. The van der Waals surface area contributed by atoms with Crippen LogP contribution >= 0.6 is 24.2 Å². The molecule has 0 aliphatic carbocycles. The Morgan fingerprint density at radius 1 is 1.35 bits per heavy atom. The summed E-state index contributed by atoms with van der Waals surface area (Å²) in [6.45, 7) is 5.49. The summed E-state index contributed by atoms with van der Waals surface area (Å²) in [7, 11) is 0. The number of piperidine rings is 1. The summed E-state index contributed by atoms with van der Waals surface area (Å²) in [6.07, 6.45) is 3.41. The van der Waals surface area contributed by atoms with Gasteiger partial charge in [0, 0.05) is 12.1 Å². The second-order valence-corrected chi connectivity index (χ2v) is 6.36. The number of hydrogen-bond donors (Lipinski definition) is 2. The number of nitrogens with one attached hydrogen (secondary N) is 2. The number of thioether (sulfide) groups is 1. The fourth-order valence-electron chi connectivity index (χ4n) is 2.65. The lowest BCUT2D eigenvalue weighted by Crippen LogP contribution is -2.57. The van der Waals surface area contributed by atoms with Crippen LogP contribution in [0.5, 0.6) is 0 Å². The molecule has 2 N–H and O–H groups in total. The van der Waals surface area contributed by atoms with Gasteiger partial charge >= 0.3 is 0 Å². The number of carbonyl (C=O) groups is 1. The molecule has 0 spiro atoms. The first kappa shape index (κ1) is 15.1. The lowest BCUT2D eigenvalue weighted by molar-refractivity contribution is -0.122. The molecule has 0 aromatic heterocycles. The van der Waals surface area contributed by atoms with Gasteiger partial charge in [-0.1, -0.05) is 6.92 Å². The topological polar surface area (TPSA) is 41.1 Å². The Morgan fingerprint density at radius 2 is 2.12 bits per heavy atom. The Labute approximate surface area is 114 Å². The minimum atomic E-state index is 0. The molecule has 0 saturated carbocycles. The van der Waals surface area contributed by atoms with E-state index in [1.54, 1.807) is 0 Å². The Hall–Kier alpha value is 0.0700. The van der Waals surface area contributed by atoms with Crippen molar-refractivity contribution in [1.82, 2.24) is 10.6 Å². The van der Waals surface area contributed by atoms with Gasteiger partial charge in [0.1, 0.15) is 0 Å². The van der Waals surface area contributed by atoms with Crippen molar-refractivity contribution >= 4 is 30.1 Å². The highest BCUT2D eigenvalue weighted by Gasteiger charge is 2.31. The Bertz CT molecular complexity index is 249. The van der Waals surface area contributed by atoms with Crippen LogP contribution in [-0.2, 0) is 4.79 Å². The predicted molar refractivity (Wildman–Crippen MR) is 75.9 cm³/mol. The second kappa shape index (κ2) is 6.86. The largest absolute Gasteiger partial charge is 0.351 e. The zero-order valence-electron chi connectivity index (χ0n) is 10.6. The Kier molecular flexibility index (Phi) is 6.10. The van der Waals surface area contributed by atoms with Gasteiger partial charge in [-0.3, -0.25) is 4.79 Å². The van der Waals surface area contributed by atoms with Crippen molar-refractivity contribution in [2.75, 3.05) is 12.3 Å². The predicted octanol–water partition coefficient (Wildman–Crippen LogP) is 1.81. The molecule has 2 aliphatic heterocycles. The van der Waals surface area contributed by atoms with E-state index in [-0.39, 0.29) is 23.6 Å². The highest BCUT2D eigenvalue weighted by atomic mass is 35.5. The monoisotopic (exact) mass is 278 g/mol. The van der Waals surface area contributed by atoms with Gasteiger partial charge in [0.05, 0.1) is 5.25 Å². The summed E-state index contributed by atoms with van der Waals surface area (Å²) >= 11 is 1.81. The Balaban J connectivity index is 0.00000144. The van der Waals surface area contributed by atoms with Gasteiger partial charge in [-0.2, -0.15) is 0 Å². The molecule has 2 fully saturated rings. The third-order valence-corrected chi connectivity index (χ3v) is 5.13. The van der Waals surface area contributed by atoms with Crippen LogP contribution in [0.4, 0.5) is 0 Å². The smallest absolute Gasteiger partial charge is 0.233 e. The number of rotatable bonds is 2. The van der Waals surface area contributed by atoms with E-state index in [1.165, 1.54) is 6.42 Å². The fraction of sp³-hybridized carbons (Fsp3) is 0.917. The molecule has 2 heterocycles. The SMILES string of the molecule is CC1CCNC(C)C1NC(=O)C1CCCS1.Cl. The van der Waals surface area contributed by atoms with Crippen molar-refractivity contribution in [3.05, 3.63) is 0 Å². The summed E-state index contributed by atoms with van der Waals surface area (Å²) in [5, 5.41) is 6.88. The fourth-order valence-corrected chi connectivity index (χ4v) is 3.82. The van der Waals surface area contributed by atoms with E-state index in [4.69, 9.17) is 0 Å². The minimum Gasteiger partial charge on any atom is -0.351 e. The van der Waals surface area contributed by atoms with E-state index >= 15 is 0 Å². The molecule has 0 aromatic rings. The van der Waals surface area contributed by atoms with Crippen LogP contribution < -0.4 is 10.6 Å². The Morgan fingerprint density at radius 3 is 2.71 bits per heavy atom. The first-order valence-electron chi connectivity index (χ1n) is 6.34. The number of carbonyl (C=O) groups excluding carboxylic acids is 1. The standard InChI is InChI=1S/C12H22N2OS.ClH/c1-8-5-6-13-9(2)11(8)14-12(15)10-4-3-7-16-10;/h8-11,13H,3-7H2,1-2H3,(H,14,15);1H. The molecular formula is C12H23ClN2OS. The van der Waals surface area contributed by atoms with Crippen LogP contribution in [0, 0.1) is 5.92 Å². The molecule has 3 nitrogen and oxygen atoms in total. The van der Waals surface area contributed by atoms with E-state index < -0.39 is 0 Å². The normalized spacial score (nSPS) is 37.3. The molecule has 2 saturated heterocycles. The number of halogens is 1. The van der Waals surface area contributed by atoms with Crippen LogP contribution in [0.15, 0.2) is 0 Å². The van der Waals surface area contributed by atoms with Gasteiger partial charge in [0.15, 0.2) is 0 Å². The van der Waals surface area contributed by atoms with Gasteiger partial charge in [0.2, 0.25) is 5.91 Å². The lowest BCUT2D eigenvalue weighted by Gasteiger charge is -2.36. The second-order valence-electron chi connectivity index (χ2n) is 5.04. The first-order chi connectivity index (χ1) is 7.68. The molecular weight excluding hydrogens is 256 g/mol. The van der Waals surface area contributed by atoms with Gasteiger partial charge in [-0.25, -0.2) is 0 Å². The van der Waals surface area contributed by atoms with Crippen LogP contribution in [0.1, 0.15) is 33.1 Å². The van der Waals surface area contributed by atoms with E-state index in [1.807, 2.05) is 11.8 Å². The van der Waals surface area contributed by atoms with Crippen molar-refractivity contribution in [1.29, 1.82) is 0 Å². The van der Waals surface area contributed by atoms with Crippen molar-refractivity contribution in [3.63, 3.8) is 0 Å². The van der Waals surface area contributed by atoms with Crippen molar-refractivity contribution in [3.8, 4) is 0 Å². The maximum atomic E-state index is 12.0. The molecule has 0 aromatic carbocycles. The zero-order chi connectivity index (χ0) is 11.5. The summed E-state index contributed by atoms with van der Waals surface area (Å²) in [6, 6.07) is 0.710. The van der Waals surface area contributed by atoms with Crippen LogP contribution in [0.25, 0.3) is 0 Å². The maximum Gasteiger partial charge on any atom is 0.233 e. The molecule has 100 valence electrons. The molecule has 5 heteroatoms. The first-order valence-corrected chi connectivity index (χ1v) is 7.38. The lowest BCUT2D eigenvalue weighted by atomic mass is 9.89. The minimum absolute atomic E-state index is 0. The maximum absolute atomic E-state index is 12.0. The average molecular weight is 279 g/mol. The quantitative estimate of drug-likeness (QED) is 0.809. The summed E-state index contributed by atoms with van der Waals surface area (Å²) < 4.78 is 0. The molecule has 0 radical (unpaired) electrons. The summed E-state index contributed by atoms with van der Waals surface area (Å²) in [5.41, 5.74) is 0. The van der Waals surface area contributed by atoms with Crippen molar-refractivity contribution in [2.24, 2.45) is 5.92 Å². The molecule has 17 heavy (non-hydrogen) atoms. The van der Waals surface area contributed by atoms with E-state index in [2.05, 4.69) is 24.5 Å². The zero-order valence-corrected chi connectivity index (χ0v) is 12.2. The van der Waals surface area contributed by atoms with E-state index in [9.17, 15) is 4.79 Å². The third kappa shape index (κ3) is 3.76. The van der Waals surface area contributed by atoms with Crippen LogP contribution in [-0.4, -0.2) is 35.5 Å². The van der Waals surface area contributed by atoms with E-state index in [0.29, 0.717) is 18.0 Å². The van der Waals surface area contributed by atoms with Gasteiger partial charge < -0.3 is 10.6 Å². The van der Waals surface area contributed by atoms with Gasteiger partial charge in [0.25, 0.3) is 0 Å². The summed E-state index contributed by atoms with van der Waals surface area (Å²) in [4.78, 5) is 12.0. The highest BCUT2D eigenvalue weighted by Crippen LogP contribution is 2.27. The van der Waals surface area contributed by atoms with Crippen molar-refractivity contribution < 1.29 is 4.79 Å². The number of hydrogen-bond acceptors (Lipinski definition) is 3. The van der Waals surface area contributed by atoms with Crippen molar-refractivity contribution in [2.45, 2.75) is 50.4 Å². The third-order valence-electron chi connectivity index (χ3n) is 3.75. The average Bonchev–Trinajstić information content (AvgIpc) is 2.76. The molecule has 1 amide bonds. The van der Waals surface area contributed by atoms with Crippen LogP contribution in [0.3, 0.4) is 0 Å². The van der Waals surface area contributed by atoms with Gasteiger partial charge in [-0.05, 0) is 44.4 Å². The van der Waals surface area contributed by atoms with Gasteiger partial charge in [-0.15, -0.1) is 24.2 Å². The molecule has 4 unspecified atom stereocenters. The molecule has 0 bridgehead atoms. The summed E-state index contributed by atoms with van der Waals surface area (Å²) in [5.74, 6) is 1.99. The van der Waals surface area contributed by atoms with E-state index in [0.717, 1.165) is 25.1 Å².